The predicted molar refractivity (Wildman–Crippen MR) is 110 cm³/mol. The number of nitrogens with zero attached hydrogens (tertiary/aromatic N) is 6. The van der Waals surface area contributed by atoms with E-state index in [1.54, 1.807) is 11.1 Å². The van der Waals surface area contributed by atoms with Crippen LogP contribution in [-0.2, 0) is 16.1 Å². The summed E-state index contributed by atoms with van der Waals surface area (Å²) in [5, 5.41) is 5.97. The van der Waals surface area contributed by atoms with Crippen molar-refractivity contribution < 1.29 is 9.59 Å². The summed E-state index contributed by atoms with van der Waals surface area (Å²) in [4.78, 5) is 35.3. The molecule has 0 unspecified atom stereocenters. The average Bonchev–Trinajstić information content (AvgIpc) is 3.43. The highest BCUT2D eigenvalue weighted by molar-refractivity contribution is 5.88. The standard InChI is InChI=1S/C21H30N6O2/c1-15(26-10-5-7-18(26)28)21(29)25-11-8-16(14-25)19-17-6-4-9-22-20(17)27(23-19)13-12-24(2)3/h4,6,9,15-16H,5,7-8,10-14H2,1-3H3/t15-,16-/m0/s1. The number of likely N-dealkylation sites (tertiary alicyclic amines) is 2. The quantitative estimate of drug-likeness (QED) is 0.734. The van der Waals surface area contributed by atoms with Gasteiger partial charge in [0.25, 0.3) is 0 Å². The van der Waals surface area contributed by atoms with Gasteiger partial charge in [0.1, 0.15) is 6.04 Å². The van der Waals surface area contributed by atoms with E-state index in [2.05, 4.69) is 16.0 Å². The van der Waals surface area contributed by atoms with E-state index in [1.165, 1.54) is 0 Å². The van der Waals surface area contributed by atoms with Crippen molar-refractivity contribution in [3.63, 3.8) is 0 Å². The highest BCUT2D eigenvalue weighted by atomic mass is 16.2. The molecule has 0 N–H and O–H groups in total. The van der Waals surface area contributed by atoms with Gasteiger partial charge in [0.05, 0.1) is 12.2 Å². The van der Waals surface area contributed by atoms with E-state index in [0.29, 0.717) is 26.1 Å². The van der Waals surface area contributed by atoms with Crippen molar-refractivity contribution in [1.29, 1.82) is 0 Å². The molecule has 0 bridgehead atoms. The maximum atomic E-state index is 13.0. The van der Waals surface area contributed by atoms with Crippen LogP contribution in [0, 0.1) is 0 Å². The van der Waals surface area contributed by atoms with Crippen molar-refractivity contribution in [2.45, 2.75) is 44.7 Å². The number of likely N-dealkylation sites (N-methyl/N-ethyl adjacent to an activating group) is 1. The summed E-state index contributed by atoms with van der Waals surface area (Å²) in [6, 6.07) is 3.65. The zero-order chi connectivity index (χ0) is 20.5. The lowest BCUT2D eigenvalue weighted by Crippen LogP contribution is -2.46. The molecular formula is C21H30N6O2. The summed E-state index contributed by atoms with van der Waals surface area (Å²) < 4.78 is 1.99. The Labute approximate surface area is 171 Å². The third-order valence-corrected chi connectivity index (χ3v) is 6.12. The van der Waals surface area contributed by atoms with E-state index in [0.717, 1.165) is 42.7 Å². The van der Waals surface area contributed by atoms with Gasteiger partial charge in [0, 0.05) is 50.1 Å². The summed E-state index contributed by atoms with van der Waals surface area (Å²) in [5.74, 6) is 0.350. The molecule has 4 rings (SSSR count). The molecule has 8 nitrogen and oxygen atoms in total. The predicted octanol–water partition coefficient (Wildman–Crippen LogP) is 1.32. The van der Waals surface area contributed by atoms with E-state index in [4.69, 9.17) is 5.10 Å². The fraction of sp³-hybridized carbons (Fsp3) is 0.619. The van der Waals surface area contributed by atoms with Crippen molar-refractivity contribution in [2.24, 2.45) is 0 Å². The number of amides is 2. The van der Waals surface area contributed by atoms with Crippen molar-refractivity contribution in [3.05, 3.63) is 24.0 Å². The number of carbonyl (C=O) groups is 2. The Kier molecular flexibility index (Phi) is 5.54. The zero-order valence-corrected chi connectivity index (χ0v) is 17.5. The van der Waals surface area contributed by atoms with Gasteiger partial charge < -0.3 is 14.7 Å². The van der Waals surface area contributed by atoms with Gasteiger partial charge in [-0.15, -0.1) is 0 Å². The third-order valence-electron chi connectivity index (χ3n) is 6.12. The molecule has 2 fully saturated rings. The Bertz CT molecular complexity index is 908. The number of hydrogen-bond donors (Lipinski definition) is 0. The van der Waals surface area contributed by atoms with Gasteiger partial charge in [0.2, 0.25) is 11.8 Å². The fourth-order valence-corrected chi connectivity index (χ4v) is 4.45. The van der Waals surface area contributed by atoms with Crippen molar-refractivity contribution in [2.75, 3.05) is 40.3 Å². The topological polar surface area (TPSA) is 74.6 Å². The van der Waals surface area contributed by atoms with Crippen LogP contribution in [0.1, 0.15) is 37.8 Å². The number of hydrogen-bond acceptors (Lipinski definition) is 5. The van der Waals surface area contributed by atoms with Gasteiger partial charge in [-0.05, 0) is 46.0 Å². The second-order valence-electron chi connectivity index (χ2n) is 8.42. The Hall–Kier alpha value is -2.48. The van der Waals surface area contributed by atoms with E-state index >= 15 is 0 Å². The van der Waals surface area contributed by atoms with Gasteiger partial charge in [0.15, 0.2) is 5.65 Å². The first-order valence-electron chi connectivity index (χ1n) is 10.5. The first-order chi connectivity index (χ1) is 14.0. The van der Waals surface area contributed by atoms with Crippen LogP contribution in [0.4, 0.5) is 0 Å². The summed E-state index contributed by atoms with van der Waals surface area (Å²) in [5.41, 5.74) is 1.94. The maximum absolute atomic E-state index is 13.0. The van der Waals surface area contributed by atoms with E-state index in [1.807, 2.05) is 36.7 Å². The normalized spacial score (nSPS) is 21.0. The van der Waals surface area contributed by atoms with Crippen LogP contribution in [0.15, 0.2) is 18.3 Å². The molecule has 2 saturated heterocycles. The molecule has 0 spiro atoms. The molecule has 2 aromatic heterocycles. The summed E-state index contributed by atoms with van der Waals surface area (Å²) in [7, 11) is 4.10. The lowest BCUT2D eigenvalue weighted by molar-refractivity contribution is -0.142. The van der Waals surface area contributed by atoms with Crippen LogP contribution >= 0.6 is 0 Å². The van der Waals surface area contributed by atoms with Crippen LogP contribution in [-0.4, -0.2) is 87.6 Å². The average molecular weight is 399 g/mol. The Morgan fingerprint density at radius 2 is 2.17 bits per heavy atom. The van der Waals surface area contributed by atoms with Gasteiger partial charge in [-0.3, -0.25) is 9.59 Å². The number of fused-ring (bicyclic) bond motifs is 1. The van der Waals surface area contributed by atoms with Crippen LogP contribution in [0.2, 0.25) is 0 Å². The number of rotatable bonds is 6. The second kappa shape index (κ2) is 8.10. The molecule has 2 aliphatic rings. The van der Waals surface area contributed by atoms with Crippen LogP contribution < -0.4 is 0 Å². The molecule has 2 aliphatic heterocycles. The molecule has 0 radical (unpaired) electrons. The molecule has 4 heterocycles. The Morgan fingerprint density at radius 1 is 1.34 bits per heavy atom. The minimum absolute atomic E-state index is 0.0530. The largest absolute Gasteiger partial charge is 0.340 e. The molecule has 2 amide bonds. The number of pyridine rings is 1. The van der Waals surface area contributed by atoms with Gasteiger partial charge >= 0.3 is 0 Å². The molecule has 156 valence electrons. The number of carbonyl (C=O) groups excluding carboxylic acids is 2. The van der Waals surface area contributed by atoms with E-state index < -0.39 is 0 Å². The molecule has 0 saturated carbocycles. The van der Waals surface area contributed by atoms with Gasteiger partial charge in [-0.1, -0.05) is 0 Å². The lowest BCUT2D eigenvalue weighted by atomic mass is 10.0. The van der Waals surface area contributed by atoms with E-state index in [9.17, 15) is 9.59 Å². The summed E-state index contributed by atoms with van der Waals surface area (Å²) >= 11 is 0. The van der Waals surface area contributed by atoms with Crippen molar-refractivity contribution in [3.8, 4) is 0 Å². The molecule has 2 atom stereocenters. The minimum Gasteiger partial charge on any atom is -0.340 e. The first-order valence-corrected chi connectivity index (χ1v) is 10.5. The molecule has 29 heavy (non-hydrogen) atoms. The molecule has 0 aromatic carbocycles. The Morgan fingerprint density at radius 3 is 2.90 bits per heavy atom. The second-order valence-corrected chi connectivity index (χ2v) is 8.42. The van der Waals surface area contributed by atoms with Crippen LogP contribution in [0.25, 0.3) is 11.0 Å². The zero-order valence-electron chi connectivity index (χ0n) is 17.5. The maximum Gasteiger partial charge on any atom is 0.245 e. The smallest absolute Gasteiger partial charge is 0.245 e. The molecule has 0 aliphatic carbocycles. The van der Waals surface area contributed by atoms with Crippen LogP contribution in [0.5, 0.6) is 0 Å². The SMILES string of the molecule is C[C@@H](C(=O)N1CC[C@H](c2nn(CCN(C)C)c3ncccc23)C1)N1CCCC1=O. The molecular weight excluding hydrogens is 368 g/mol. The highest BCUT2D eigenvalue weighted by Gasteiger charge is 2.36. The highest BCUT2D eigenvalue weighted by Crippen LogP contribution is 2.32. The van der Waals surface area contributed by atoms with Gasteiger partial charge in [-0.25, -0.2) is 9.67 Å². The molecule has 2 aromatic rings. The fourth-order valence-electron chi connectivity index (χ4n) is 4.45. The van der Waals surface area contributed by atoms with Crippen molar-refractivity contribution in [1.82, 2.24) is 29.5 Å². The van der Waals surface area contributed by atoms with Crippen molar-refractivity contribution >= 4 is 22.8 Å². The number of aromatic nitrogens is 3. The Balaban J connectivity index is 1.51. The third kappa shape index (κ3) is 3.85. The summed E-state index contributed by atoms with van der Waals surface area (Å²) in [6.45, 7) is 5.58. The van der Waals surface area contributed by atoms with Gasteiger partial charge in [-0.2, -0.15) is 5.10 Å². The lowest BCUT2D eigenvalue weighted by Gasteiger charge is -2.27. The summed E-state index contributed by atoms with van der Waals surface area (Å²) in [6.07, 6.45) is 4.10. The van der Waals surface area contributed by atoms with Crippen LogP contribution in [0.3, 0.4) is 0 Å². The monoisotopic (exact) mass is 398 g/mol. The van der Waals surface area contributed by atoms with E-state index in [-0.39, 0.29) is 23.8 Å². The molecule has 8 heteroatoms. The first kappa shape index (κ1) is 19.8. The minimum atomic E-state index is -0.375.